The Labute approximate surface area is 145 Å². The summed E-state index contributed by atoms with van der Waals surface area (Å²) in [5.74, 6) is 1.47. The van der Waals surface area contributed by atoms with Crippen molar-refractivity contribution in [2.45, 2.75) is 6.54 Å². The topological polar surface area (TPSA) is 85.0 Å². The third-order valence-corrected chi connectivity index (χ3v) is 2.71. The van der Waals surface area contributed by atoms with Crippen molar-refractivity contribution in [3.63, 3.8) is 0 Å². The first kappa shape index (κ1) is 20.3. The Morgan fingerprint density at radius 3 is 2.77 bits per heavy atom. The molecular weight excluding hydrogens is 353 g/mol. The summed E-state index contributed by atoms with van der Waals surface area (Å²) in [7, 11) is 1.56. The minimum atomic E-state index is 0. The van der Waals surface area contributed by atoms with E-state index in [1.165, 1.54) is 0 Å². The highest BCUT2D eigenvalue weighted by Crippen LogP contribution is 2.36. The minimum Gasteiger partial charge on any atom is -0.493 e. The lowest BCUT2D eigenvalue weighted by molar-refractivity contribution is 0.326. The normalized spacial score (nSPS) is 9.18. The van der Waals surface area contributed by atoms with E-state index < -0.39 is 0 Å². The van der Waals surface area contributed by atoms with Gasteiger partial charge in [0.15, 0.2) is 11.5 Å². The maximum atomic E-state index is 6.19. The summed E-state index contributed by atoms with van der Waals surface area (Å²) < 4.78 is 10.8. The molecule has 22 heavy (non-hydrogen) atoms. The van der Waals surface area contributed by atoms with Crippen molar-refractivity contribution in [3.05, 3.63) is 35.4 Å². The van der Waals surface area contributed by atoms with Crippen LogP contribution in [0.3, 0.4) is 0 Å². The number of hydrogen-bond donors (Lipinski definition) is 2. The number of anilines is 1. The van der Waals surface area contributed by atoms with Gasteiger partial charge in [-0.15, -0.1) is 29.9 Å². The predicted molar refractivity (Wildman–Crippen MR) is 89.7 cm³/mol. The lowest BCUT2D eigenvalue weighted by Crippen LogP contribution is -2.03. The van der Waals surface area contributed by atoms with Crippen molar-refractivity contribution >= 4 is 42.4 Å². The second-order valence-electron chi connectivity index (χ2n) is 3.80. The zero-order valence-corrected chi connectivity index (χ0v) is 14.1. The summed E-state index contributed by atoms with van der Waals surface area (Å²) in [6, 6.07) is 3.62. The Kier molecular flexibility index (Phi) is 9.32. The van der Waals surface area contributed by atoms with Crippen LogP contribution in [0.1, 0.15) is 5.56 Å². The lowest BCUT2D eigenvalue weighted by Gasteiger charge is -2.13. The van der Waals surface area contributed by atoms with Crippen LogP contribution >= 0.6 is 36.4 Å². The van der Waals surface area contributed by atoms with Gasteiger partial charge in [0.2, 0.25) is 0 Å². The van der Waals surface area contributed by atoms with E-state index in [1.807, 2.05) is 6.07 Å². The van der Waals surface area contributed by atoms with Crippen molar-refractivity contribution < 1.29 is 9.47 Å². The molecule has 0 bridgehead atoms. The Morgan fingerprint density at radius 2 is 2.18 bits per heavy atom. The van der Waals surface area contributed by atoms with Crippen LogP contribution in [0.5, 0.6) is 11.5 Å². The predicted octanol–water partition coefficient (Wildman–Crippen LogP) is 2.88. The Balaban J connectivity index is 0.00000220. The maximum Gasteiger partial charge on any atom is 0.263 e. The Bertz CT molecular complexity index is 580. The van der Waals surface area contributed by atoms with E-state index in [-0.39, 0.29) is 24.8 Å². The number of H-pyrrole nitrogens is 1. The molecule has 1 aromatic heterocycles. The van der Waals surface area contributed by atoms with Crippen molar-refractivity contribution in [2.75, 3.05) is 19.0 Å². The SMILES string of the molecule is C=CCOc1c(Cl)cc(CNc2nn[nH]n2)cc1OC.Cl.Cl. The van der Waals surface area contributed by atoms with Gasteiger partial charge in [-0.3, -0.25) is 0 Å². The monoisotopic (exact) mass is 367 g/mol. The summed E-state index contributed by atoms with van der Waals surface area (Å²) in [6.45, 7) is 4.44. The second-order valence-corrected chi connectivity index (χ2v) is 4.20. The molecule has 0 amide bonds. The average molecular weight is 369 g/mol. The van der Waals surface area contributed by atoms with E-state index in [4.69, 9.17) is 21.1 Å². The van der Waals surface area contributed by atoms with Crippen LogP contribution in [0.4, 0.5) is 5.95 Å². The summed E-state index contributed by atoms with van der Waals surface area (Å²) in [5, 5.41) is 16.9. The molecule has 1 heterocycles. The van der Waals surface area contributed by atoms with Gasteiger partial charge in [-0.25, -0.2) is 0 Å². The molecule has 0 fully saturated rings. The maximum absolute atomic E-state index is 6.19. The second kappa shape index (κ2) is 10.1. The van der Waals surface area contributed by atoms with Gasteiger partial charge in [0.25, 0.3) is 5.95 Å². The number of nitrogens with one attached hydrogen (secondary N) is 2. The zero-order valence-electron chi connectivity index (χ0n) is 11.7. The molecule has 0 aliphatic rings. The number of ether oxygens (including phenoxy) is 2. The fourth-order valence-corrected chi connectivity index (χ4v) is 1.86. The van der Waals surface area contributed by atoms with E-state index >= 15 is 0 Å². The highest BCUT2D eigenvalue weighted by atomic mass is 35.5. The van der Waals surface area contributed by atoms with Crippen LogP contribution in [0.15, 0.2) is 24.8 Å². The van der Waals surface area contributed by atoms with Crippen LogP contribution in [0.2, 0.25) is 5.02 Å². The van der Waals surface area contributed by atoms with E-state index in [2.05, 4.69) is 32.5 Å². The van der Waals surface area contributed by atoms with Crippen LogP contribution in [-0.2, 0) is 6.54 Å². The molecule has 0 spiro atoms. The molecule has 1 aromatic carbocycles. The number of rotatable bonds is 7. The van der Waals surface area contributed by atoms with E-state index in [1.54, 1.807) is 19.3 Å². The zero-order chi connectivity index (χ0) is 14.4. The quantitative estimate of drug-likeness (QED) is 0.731. The third-order valence-electron chi connectivity index (χ3n) is 2.43. The van der Waals surface area contributed by atoms with Gasteiger partial charge < -0.3 is 14.8 Å². The molecule has 0 saturated heterocycles. The molecule has 7 nitrogen and oxygen atoms in total. The largest absolute Gasteiger partial charge is 0.493 e. The number of methoxy groups -OCH3 is 1. The molecule has 10 heteroatoms. The summed E-state index contributed by atoms with van der Waals surface area (Å²) in [4.78, 5) is 0. The number of hydrogen-bond acceptors (Lipinski definition) is 6. The van der Waals surface area contributed by atoms with Gasteiger partial charge >= 0.3 is 0 Å². The molecule has 0 radical (unpaired) electrons. The average Bonchev–Trinajstić information content (AvgIpc) is 2.96. The van der Waals surface area contributed by atoms with Crippen LogP contribution in [0, 0.1) is 0 Å². The molecule has 2 rings (SSSR count). The number of aromatic nitrogens is 4. The van der Waals surface area contributed by atoms with Crippen molar-refractivity contribution in [1.29, 1.82) is 0 Å². The van der Waals surface area contributed by atoms with Crippen LogP contribution < -0.4 is 14.8 Å². The first-order valence-corrected chi connectivity index (χ1v) is 6.19. The van der Waals surface area contributed by atoms with Crippen LogP contribution in [0.25, 0.3) is 0 Å². The van der Waals surface area contributed by atoms with E-state index in [9.17, 15) is 0 Å². The number of aromatic amines is 1. The lowest BCUT2D eigenvalue weighted by atomic mass is 10.2. The fourth-order valence-electron chi connectivity index (χ4n) is 1.58. The summed E-state index contributed by atoms with van der Waals surface area (Å²) >= 11 is 6.19. The van der Waals surface area contributed by atoms with Crippen molar-refractivity contribution in [3.8, 4) is 11.5 Å². The minimum absolute atomic E-state index is 0. The van der Waals surface area contributed by atoms with Crippen molar-refractivity contribution in [1.82, 2.24) is 20.6 Å². The van der Waals surface area contributed by atoms with Gasteiger partial charge in [0.05, 0.1) is 12.1 Å². The molecule has 122 valence electrons. The summed E-state index contributed by atoms with van der Waals surface area (Å²) in [6.07, 6.45) is 1.64. The number of benzene rings is 1. The van der Waals surface area contributed by atoms with Gasteiger partial charge in [-0.05, 0) is 22.9 Å². The third kappa shape index (κ3) is 5.25. The van der Waals surface area contributed by atoms with Gasteiger partial charge in [-0.1, -0.05) is 29.4 Å². The number of nitrogens with zero attached hydrogens (tertiary/aromatic N) is 3. The van der Waals surface area contributed by atoms with Gasteiger partial charge in [0, 0.05) is 6.54 Å². The molecular formula is C12H16Cl3N5O2. The first-order chi connectivity index (χ1) is 9.74. The molecule has 0 aliphatic heterocycles. The highest BCUT2D eigenvalue weighted by molar-refractivity contribution is 6.32. The standard InChI is InChI=1S/C12H14ClN5O2.2ClH/c1-3-4-20-11-9(13)5-8(6-10(11)19-2)7-14-12-15-17-18-16-12;;/h3,5-6H,1,4,7H2,2H3,(H2,14,15,16,17,18);2*1H. The van der Waals surface area contributed by atoms with E-state index in [0.717, 1.165) is 5.56 Å². The molecule has 0 saturated carbocycles. The highest BCUT2D eigenvalue weighted by Gasteiger charge is 2.12. The summed E-state index contributed by atoms with van der Waals surface area (Å²) in [5.41, 5.74) is 0.905. The van der Waals surface area contributed by atoms with Gasteiger partial charge in [-0.2, -0.15) is 5.21 Å². The van der Waals surface area contributed by atoms with Crippen molar-refractivity contribution in [2.24, 2.45) is 0 Å². The molecule has 0 aliphatic carbocycles. The molecule has 2 aromatic rings. The first-order valence-electron chi connectivity index (χ1n) is 5.82. The van der Waals surface area contributed by atoms with Crippen LogP contribution in [-0.4, -0.2) is 34.3 Å². The smallest absolute Gasteiger partial charge is 0.263 e. The number of halogens is 3. The molecule has 0 atom stereocenters. The fraction of sp³-hybridized carbons (Fsp3) is 0.250. The molecule has 2 N–H and O–H groups in total. The number of tetrazole rings is 1. The van der Waals surface area contributed by atoms with E-state index in [0.29, 0.717) is 35.6 Å². The van der Waals surface area contributed by atoms with Gasteiger partial charge in [0.1, 0.15) is 6.61 Å². The molecule has 0 unspecified atom stereocenters. The Morgan fingerprint density at radius 1 is 1.41 bits per heavy atom. The Hall–Kier alpha value is -1.70.